The Hall–Kier alpha value is -1.14. The first-order valence-corrected chi connectivity index (χ1v) is 3.60. The zero-order chi connectivity index (χ0) is 8.97. The molecule has 1 rings (SSSR count). The van der Waals surface area contributed by atoms with Gasteiger partial charge in [0.25, 0.3) is 5.91 Å². The minimum atomic E-state index is -0.257. The topological polar surface area (TPSA) is 84.7 Å². The molecule has 0 spiro atoms. The molecule has 3 N–H and O–H groups in total. The summed E-state index contributed by atoms with van der Waals surface area (Å²) in [6.07, 6.45) is 0. The number of hydrogen-bond acceptors (Lipinski definition) is 4. The van der Waals surface area contributed by atoms with E-state index in [0.717, 1.165) is 0 Å². The zero-order valence-electron chi connectivity index (χ0n) is 6.58. The number of nitrogens with one attached hydrogen (secondary N) is 1. The van der Waals surface area contributed by atoms with E-state index >= 15 is 0 Å². The summed E-state index contributed by atoms with van der Waals surface area (Å²) in [6.45, 7) is 0.943. The third-order valence-electron chi connectivity index (χ3n) is 1.60. The molecule has 0 aromatic carbocycles. The van der Waals surface area contributed by atoms with Crippen LogP contribution in [0, 0.1) is 0 Å². The largest absolute Gasteiger partial charge is 0.353 e. The van der Waals surface area contributed by atoms with Crippen molar-refractivity contribution >= 4 is 11.8 Å². The van der Waals surface area contributed by atoms with Gasteiger partial charge >= 0.3 is 0 Å². The Morgan fingerprint density at radius 3 is 3.08 bits per heavy atom. The van der Waals surface area contributed by atoms with Crippen molar-refractivity contribution < 1.29 is 14.4 Å². The van der Waals surface area contributed by atoms with Gasteiger partial charge in [0.1, 0.15) is 6.61 Å². The molecule has 1 fully saturated rings. The molecule has 12 heavy (non-hydrogen) atoms. The average molecular weight is 173 g/mol. The lowest BCUT2D eigenvalue weighted by atomic mass is 10.3. The summed E-state index contributed by atoms with van der Waals surface area (Å²) < 4.78 is 0. The van der Waals surface area contributed by atoms with Gasteiger partial charge in [-0.3, -0.25) is 14.4 Å². The van der Waals surface area contributed by atoms with Crippen LogP contribution in [-0.2, 0) is 14.4 Å². The van der Waals surface area contributed by atoms with Gasteiger partial charge in [-0.1, -0.05) is 0 Å². The predicted octanol–water partition coefficient (Wildman–Crippen LogP) is -2.16. The molecule has 0 atom stereocenters. The standard InChI is InChI=1S/C6H11N3O3/c7-12-4-6(11)9-2-1-8-5(10)3-9/h1-4,7H2,(H,8,10). The van der Waals surface area contributed by atoms with Gasteiger partial charge in [0, 0.05) is 13.1 Å². The van der Waals surface area contributed by atoms with Crippen molar-refractivity contribution in [3.05, 3.63) is 0 Å². The van der Waals surface area contributed by atoms with E-state index in [9.17, 15) is 9.59 Å². The summed E-state index contributed by atoms with van der Waals surface area (Å²) in [5, 5.41) is 2.60. The highest BCUT2D eigenvalue weighted by Gasteiger charge is 2.20. The summed E-state index contributed by atoms with van der Waals surface area (Å²) in [4.78, 5) is 27.5. The average Bonchev–Trinajstić information content (AvgIpc) is 2.05. The van der Waals surface area contributed by atoms with E-state index in [0.29, 0.717) is 13.1 Å². The van der Waals surface area contributed by atoms with Crippen molar-refractivity contribution in [2.45, 2.75) is 0 Å². The molecule has 0 unspecified atom stereocenters. The molecule has 6 heteroatoms. The molecule has 0 radical (unpaired) electrons. The second-order valence-electron chi connectivity index (χ2n) is 2.48. The van der Waals surface area contributed by atoms with Gasteiger partial charge in [-0.15, -0.1) is 0 Å². The van der Waals surface area contributed by atoms with E-state index in [4.69, 9.17) is 5.90 Å². The lowest BCUT2D eigenvalue weighted by Gasteiger charge is -2.26. The zero-order valence-corrected chi connectivity index (χ0v) is 6.58. The maximum atomic E-state index is 11.1. The van der Waals surface area contributed by atoms with Crippen molar-refractivity contribution in [1.82, 2.24) is 10.2 Å². The Labute approximate surface area is 69.6 Å². The summed E-state index contributed by atoms with van der Waals surface area (Å²) in [6, 6.07) is 0. The number of rotatable bonds is 2. The monoisotopic (exact) mass is 173 g/mol. The molecule has 0 aromatic heterocycles. The van der Waals surface area contributed by atoms with Crippen molar-refractivity contribution in [3.8, 4) is 0 Å². The molecule has 0 aliphatic carbocycles. The van der Waals surface area contributed by atoms with E-state index in [1.807, 2.05) is 0 Å². The molecule has 1 aliphatic rings. The number of hydrogen-bond donors (Lipinski definition) is 2. The number of nitrogens with zero attached hydrogens (tertiary/aromatic N) is 1. The molecule has 0 saturated carbocycles. The SMILES string of the molecule is NOCC(=O)N1CCNC(=O)C1. The van der Waals surface area contributed by atoms with Gasteiger partial charge in [0.2, 0.25) is 5.91 Å². The van der Waals surface area contributed by atoms with E-state index in [2.05, 4.69) is 10.2 Å². The first kappa shape index (κ1) is 8.95. The first-order valence-electron chi connectivity index (χ1n) is 3.60. The van der Waals surface area contributed by atoms with Crippen LogP contribution in [0.2, 0.25) is 0 Å². The number of carbonyl (C=O) groups is 2. The van der Waals surface area contributed by atoms with Crippen LogP contribution >= 0.6 is 0 Å². The molecule has 1 aliphatic heterocycles. The number of amides is 2. The van der Waals surface area contributed by atoms with Crippen LogP contribution in [0.3, 0.4) is 0 Å². The molecule has 1 heterocycles. The van der Waals surface area contributed by atoms with Gasteiger partial charge < -0.3 is 10.2 Å². The molecule has 68 valence electrons. The fraction of sp³-hybridized carbons (Fsp3) is 0.667. The minimum absolute atomic E-state index is 0.0994. The first-order chi connectivity index (χ1) is 5.74. The lowest BCUT2D eigenvalue weighted by molar-refractivity contribution is -0.141. The number of carbonyl (C=O) groups excluding carboxylic acids is 2. The maximum absolute atomic E-state index is 11.1. The van der Waals surface area contributed by atoms with Gasteiger partial charge in [0.05, 0.1) is 6.54 Å². The summed E-state index contributed by atoms with van der Waals surface area (Å²) in [5.41, 5.74) is 0. The van der Waals surface area contributed by atoms with E-state index in [-0.39, 0.29) is 25.0 Å². The molecule has 6 nitrogen and oxygen atoms in total. The summed E-state index contributed by atoms with van der Waals surface area (Å²) >= 11 is 0. The van der Waals surface area contributed by atoms with Crippen LogP contribution in [0.4, 0.5) is 0 Å². The van der Waals surface area contributed by atoms with Crippen molar-refractivity contribution in [1.29, 1.82) is 0 Å². The van der Waals surface area contributed by atoms with Gasteiger partial charge in [0.15, 0.2) is 0 Å². The molecular weight excluding hydrogens is 162 g/mol. The summed E-state index contributed by atoms with van der Waals surface area (Å²) in [5.74, 6) is 4.32. The van der Waals surface area contributed by atoms with Crippen LogP contribution in [0.15, 0.2) is 0 Å². The van der Waals surface area contributed by atoms with E-state index in [1.165, 1.54) is 4.90 Å². The lowest BCUT2D eigenvalue weighted by Crippen LogP contribution is -2.51. The predicted molar refractivity (Wildman–Crippen MR) is 39.7 cm³/mol. The highest BCUT2D eigenvalue weighted by Crippen LogP contribution is 1.93. The van der Waals surface area contributed by atoms with E-state index < -0.39 is 0 Å². The third-order valence-corrected chi connectivity index (χ3v) is 1.60. The number of piperazine rings is 1. The Morgan fingerprint density at radius 2 is 2.50 bits per heavy atom. The van der Waals surface area contributed by atoms with Gasteiger partial charge in [-0.25, -0.2) is 5.90 Å². The van der Waals surface area contributed by atoms with Crippen molar-refractivity contribution in [3.63, 3.8) is 0 Å². The normalized spacial score (nSPS) is 17.4. The fourth-order valence-electron chi connectivity index (χ4n) is 1.01. The van der Waals surface area contributed by atoms with Crippen LogP contribution in [0.25, 0.3) is 0 Å². The molecule has 0 aromatic rings. The van der Waals surface area contributed by atoms with Crippen molar-refractivity contribution in [2.24, 2.45) is 5.90 Å². The molecular formula is C6H11N3O3. The second kappa shape index (κ2) is 4.03. The highest BCUT2D eigenvalue weighted by atomic mass is 16.6. The maximum Gasteiger partial charge on any atom is 0.251 e. The molecule has 1 saturated heterocycles. The summed E-state index contributed by atoms with van der Waals surface area (Å²) in [7, 11) is 0. The Bertz CT molecular complexity index is 194. The molecule has 2 amide bonds. The van der Waals surface area contributed by atoms with Gasteiger partial charge in [-0.2, -0.15) is 0 Å². The second-order valence-corrected chi connectivity index (χ2v) is 2.48. The van der Waals surface area contributed by atoms with Crippen LogP contribution in [0.1, 0.15) is 0 Å². The minimum Gasteiger partial charge on any atom is -0.353 e. The Balaban J connectivity index is 2.40. The third kappa shape index (κ3) is 2.18. The number of nitrogens with two attached hydrogens (primary N) is 1. The quantitative estimate of drug-likeness (QED) is 0.466. The molecule has 0 bridgehead atoms. The van der Waals surface area contributed by atoms with Crippen LogP contribution in [0.5, 0.6) is 0 Å². The highest BCUT2D eigenvalue weighted by molar-refractivity contribution is 5.86. The van der Waals surface area contributed by atoms with Crippen LogP contribution in [-0.4, -0.2) is 43.0 Å². The fourth-order valence-corrected chi connectivity index (χ4v) is 1.01. The smallest absolute Gasteiger partial charge is 0.251 e. The van der Waals surface area contributed by atoms with Gasteiger partial charge in [-0.05, 0) is 0 Å². The van der Waals surface area contributed by atoms with Crippen molar-refractivity contribution in [2.75, 3.05) is 26.2 Å². The Morgan fingerprint density at radius 1 is 1.75 bits per heavy atom. The Kier molecular flexibility index (Phi) is 3.01. The van der Waals surface area contributed by atoms with Crippen LogP contribution < -0.4 is 11.2 Å². The van der Waals surface area contributed by atoms with E-state index in [1.54, 1.807) is 0 Å².